The number of pyridine rings is 2. The largest absolute Gasteiger partial charge is 0.487 e. The van der Waals surface area contributed by atoms with Gasteiger partial charge in [-0.3, -0.25) is 19.1 Å². The van der Waals surface area contributed by atoms with Crippen molar-refractivity contribution in [2.45, 2.75) is 26.4 Å². The first-order valence-corrected chi connectivity index (χ1v) is 11.0. The first-order valence-electron chi connectivity index (χ1n) is 10.6. The van der Waals surface area contributed by atoms with Crippen molar-refractivity contribution in [3.05, 3.63) is 87.7 Å². The molecule has 4 aromatic rings. The van der Waals surface area contributed by atoms with Crippen molar-refractivity contribution < 1.29 is 14.3 Å². The minimum Gasteiger partial charge on any atom is -0.487 e. The van der Waals surface area contributed by atoms with E-state index in [0.29, 0.717) is 30.2 Å². The highest BCUT2D eigenvalue weighted by atomic mass is 35.5. The van der Waals surface area contributed by atoms with Gasteiger partial charge in [0, 0.05) is 31.2 Å². The molecule has 0 bridgehead atoms. The van der Waals surface area contributed by atoms with Gasteiger partial charge in [-0.2, -0.15) is 0 Å². The summed E-state index contributed by atoms with van der Waals surface area (Å²) in [7, 11) is 1.96. The lowest BCUT2D eigenvalue weighted by Crippen LogP contribution is -2.16. The zero-order chi connectivity index (χ0) is 23.4. The molecule has 0 aliphatic carbocycles. The maximum Gasteiger partial charge on any atom is 0.306 e. The molecule has 0 aliphatic heterocycles. The maximum absolute atomic E-state index is 12.8. The summed E-state index contributed by atoms with van der Waals surface area (Å²) in [6, 6.07) is 14.6. The predicted octanol–water partition coefficient (Wildman–Crippen LogP) is 4.45. The van der Waals surface area contributed by atoms with Crippen LogP contribution in [0.5, 0.6) is 5.75 Å². The van der Waals surface area contributed by atoms with E-state index in [9.17, 15) is 9.59 Å². The molecule has 170 valence electrons. The molecule has 0 aliphatic rings. The highest BCUT2D eigenvalue weighted by Crippen LogP contribution is 2.23. The minimum absolute atomic E-state index is 0.201. The second-order valence-electron chi connectivity index (χ2n) is 7.57. The average Bonchev–Trinajstić information content (AvgIpc) is 3.12. The lowest BCUT2D eigenvalue weighted by atomic mass is 10.2. The number of carbonyl (C=O) groups is 1. The summed E-state index contributed by atoms with van der Waals surface area (Å²) in [5, 5.41) is 1.60. The fourth-order valence-electron chi connectivity index (χ4n) is 3.64. The van der Waals surface area contributed by atoms with Gasteiger partial charge >= 0.3 is 5.97 Å². The number of hydrogen-bond donors (Lipinski definition) is 0. The summed E-state index contributed by atoms with van der Waals surface area (Å²) >= 11 is 5.84. The molecule has 3 aromatic heterocycles. The van der Waals surface area contributed by atoms with Crippen LogP contribution in [-0.2, 0) is 29.6 Å². The van der Waals surface area contributed by atoms with Crippen molar-refractivity contribution in [3.63, 3.8) is 0 Å². The number of ether oxygens (including phenoxy) is 2. The smallest absolute Gasteiger partial charge is 0.306 e. The van der Waals surface area contributed by atoms with Gasteiger partial charge in [0.2, 0.25) is 0 Å². The molecule has 0 amide bonds. The van der Waals surface area contributed by atoms with Crippen LogP contribution in [-0.4, -0.2) is 26.7 Å². The Morgan fingerprint density at radius 2 is 1.97 bits per heavy atom. The van der Waals surface area contributed by atoms with Crippen LogP contribution < -0.4 is 10.3 Å². The van der Waals surface area contributed by atoms with Gasteiger partial charge in [-0.05, 0) is 55.1 Å². The van der Waals surface area contributed by atoms with Gasteiger partial charge in [0.1, 0.15) is 12.4 Å². The van der Waals surface area contributed by atoms with Crippen LogP contribution in [0.4, 0.5) is 0 Å². The monoisotopic (exact) mass is 465 g/mol. The quantitative estimate of drug-likeness (QED) is 0.359. The summed E-state index contributed by atoms with van der Waals surface area (Å²) < 4.78 is 14.3. The summed E-state index contributed by atoms with van der Waals surface area (Å²) in [4.78, 5) is 28.6. The third kappa shape index (κ3) is 5.26. The van der Waals surface area contributed by atoms with Crippen molar-refractivity contribution in [1.29, 1.82) is 0 Å². The van der Waals surface area contributed by atoms with Crippen molar-refractivity contribution in [2.24, 2.45) is 7.05 Å². The molecular formula is C25H24ClN3O4. The van der Waals surface area contributed by atoms with E-state index in [1.807, 2.05) is 29.8 Å². The number of hydrogen-bond acceptors (Lipinski definition) is 5. The predicted molar refractivity (Wildman–Crippen MR) is 127 cm³/mol. The lowest BCUT2D eigenvalue weighted by Gasteiger charge is -2.10. The Kier molecular flexibility index (Phi) is 6.79. The second kappa shape index (κ2) is 9.92. The molecule has 0 saturated heterocycles. The molecular weight excluding hydrogens is 442 g/mol. The third-order valence-electron chi connectivity index (χ3n) is 5.36. The van der Waals surface area contributed by atoms with Crippen molar-refractivity contribution >= 4 is 28.5 Å². The Hall–Kier alpha value is -3.58. The molecule has 0 unspecified atom stereocenters. The van der Waals surface area contributed by atoms with Crippen LogP contribution in [0.25, 0.3) is 16.6 Å². The fourth-order valence-corrected chi connectivity index (χ4v) is 3.75. The van der Waals surface area contributed by atoms with Crippen LogP contribution in [0.2, 0.25) is 5.02 Å². The molecule has 4 rings (SSSR count). The first kappa shape index (κ1) is 22.6. The SMILES string of the molecule is CCOC(=O)CCc1cc2ccc(-n3ccc(OCc4ccc(Cl)cn4)cc3=O)cc2n1C. The van der Waals surface area contributed by atoms with Gasteiger partial charge in [0.05, 0.1) is 34.9 Å². The van der Waals surface area contributed by atoms with Gasteiger partial charge in [-0.1, -0.05) is 17.7 Å². The van der Waals surface area contributed by atoms with E-state index in [0.717, 1.165) is 28.0 Å². The molecule has 0 fully saturated rings. The van der Waals surface area contributed by atoms with E-state index in [4.69, 9.17) is 21.1 Å². The van der Waals surface area contributed by atoms with E-state index >= 15 is 0 Å². The molecule has 0 atom stereocenters. The topological polar surface area (TPSA) is 75.3 Å². The maximum atomic E-state index is 12.8. The standard InChI is InChI=1S/C25H24ClN3O4/c1-3-32-25(31)9-8-20-12-17-4-7-21(13-23(17)28(20)2)29-11-10-22(14-24(29)30)33-16-19-6-5-18(26)15-27-19/h4-7,10-15H,3,8-9,16H2,1-2H3. The number of esters is 1. The van der Waals surface area contributed by atoms with E-state index in [1.165, 1.54) is 6.07 Å². The summed E-state index contributed by atoms with van der Waals surface area (Å²) in [5.74, 6) is 0.262. The number of nitrogens with zero attached hydrogens (tertiary/aromatic N) is 3. The Labute approximate surface area is 196 Å². The molecule has 7 nitrogen and oxygen atoms in total. The third-order valence-corrected chi connectivity index (χ3v) is 5.59. The zero-order valence-electron chi connectivity index (χ0n) is 18.5. The van der Waals surface area contributed by atoms with Gasteiger partial charge in [-0.15, -0.1) is 0 Å². The van der Waals surface area contributed by atoms with Crippen molar-refractivity contribution in [1.82, 2.24) is 14.1 Å². The summed E-state index contributed by atoms with van der Waals surface area (Å²) in [6.07, 6.45) is 4.17. The highest BCUT2D eigenvalue weighted by Gasteiger charge is 2.11. The summed E-state index contributed by atoms with van der Waals surface area (Å²) in [6.45, 7) is 2.42. The van der Waals surface area contributed by atoms with Crippen LogP contribution in [0.3, 0.4) is 0 Å². The van der Waals surface area contributed by atoms with Gasteiger partial charge in [0.15, 0.2) is 0 Å². The Bertz CT molecular complexity index is 1340. The van der Waals surface area contributed by atoms with E-state index in [-0.39, 0.29) is 18.1 Å². The first-order chi connectivity index (χ1) is 15.9. The van der Waals surface area contributed by atoms with Gasteiger partial charge in [0.25, 0.3) is 5.56 Å². The van der Waals surface area contributed by atoms with Crippen LogP contribution >= 0.6 is 11.6 Å². The number of aryl methyl sites for hydroxylation is 2. The second-order valence-corrected chi connectivity index (χ2v) is 8.01. The molecule has 3 heterocycles. The van der Waals surface area contributed by atoms with E-state index in [2.05, 4.69) is 11.1 Å². The molecule has 0 radical (unpaired) electrons. The number of benzene rings is 1. The molecule has 0 spiro atoms. The molecule has 1 aromatic carbocycles. The van der Waals surface area contributed by atoms with Crippen LogP contribution in [0.15, 0.2) is 65.7 Å². The molecule has 33 heavy (non-hydrogen) atoms. The number of carbonyl (C=O) groups excluding carboxylic acids is 1. The van der Waals surface area contributed by atoms with Gasteiger partial charge in [-0.25, -0.2) is 0 Å². The Morgan fingerprint density at radius 3 is 2.70 bits per heavy atom. The Balaban J connectivity index is 1.52. The summed E-state index contributed by atoms with van der Waals surface area (Å²) in [5.41, 5.74) is 3.27. The van der Waals surface area contributed by atoms with E-state index in [1.54, 1.807) is 42.1 Å². The number of halogens is 1. The van der Waals surface area contributed by atoms with Gasteiger partial charge < -0.3 is 14.0 Å². The van der Waals surface area contributed by atoms with Crippen LogP contribution in [0, 0.1) is 0 Å². The normalized spacial score (nSPS) is 11.0. The van der Waals surface area contributed by atoms with E-state index < -0.39 is 0 Å². The lowest BCUT2D eigenvalue weighted by molar-refractivity contribution is -0.143. The van der Waals surface area contributed by atoms with Crippen molar-refractivity contribution in [3.8, 4) is 11.4 Å². The zero-order valence-corrected chi connectivity index (χ0v) is 19.2. The minimum atomic E-state index is -0.204. The average molecular weight is 466 g/mol. The number of fused-ring (bicyclic) bond motifs is 1. The van der Waals surface area contributed by atoms with Crippen LogP contribution in [0.1, 0.15) is 24.7 Å². The fraction of sp³-hybridized carbons (Fsp3) is 0.240. The van der Waals surface area contributed by atoms with Crippen molar-refractivity contribution in [2.75, 3.05) is 6.61 Å². The Morgan fingerprint density at radius 1 is 1.12 bits per heavy atom. The molecule has 0 saturated carbocycles. The number of aromatic nitrogens is 3. The molecule has 8 heteroatoms. The highest BCUT2D eigenvalue weighted by molar-refractivity contribution is 6.30. The number of rotatable bonds is 8. The molecule has 0 N–H and O–H groups in total.